The van der Waals surface area contributed by atoms with Crippen molar-refractivity contribution in [2.24, 2.45) is 5.92 Å². The number of hydrogen-bond acceptors (Lipinski definition) is 4. The molecule has 1 aromatic heterocycles. The van der Waals surface area contributed by atoms with Crippen LogP contribution in [0.2, 0.25) is 0 Å². The quantitative estimate of drug-likeness (QED) is 0.800. The van der Waals surface area contributed by atoms with Crippen molar-refractivity contribution in [2.45, 2.75) is 38.7 Å². The Bertz CT molecular complexity index is 828. The summed E-state index contributed by atoms with van der Waals surface area (Å²) in [6, 6.07) is 4.30. The van der Waals surface area contributed by atoms with E-state index >= 15 is 0 Å². The van der Waals surface area contributed by atoms with Gasteiger partial charge in [0.15, 0.2) is 0 Å². The highest BCUT2D eigenvalue weighted by Gasteiger charge is 2.31. The molecule has 144 valence electrons. The van der Waals surface area contributed by atoms with Gasteiger partial charge in [-0.2, -0.15) is 13.2 Å². The van der Waals surface area contributed by atoms with Gasteiger partial charge in [-0.25, -0.2) is 4.68 Å². The molecule has 9 heteroatoms. The Hall–Kier alpha value is -2.42. The number of carbonyl (C=O) groups is 1. The summed E-state index contributed by atoms with van der Waals surface area (Å²) in [6.45, 7) is 2.31. The van der Waals surface area contributed by atoms with Crippen molar-refractivity contribution in [3.8, 4) is 0 Å². The van der Waals surface area contributed by atoms with Crippen LogP contribution < -0.4 is 0 Å². The maximum Gasteiger partial charge on any atom is 0.416 e. The molecule has 0 spiro atoms. The van der Waals surface area contributed by atoms with Gasteiger partial charge in [0.05, 0.1) is 31.0 Å². The summed E-state index contributed by atoms with van der Waals surface area (Å²) in [6.07, 6.45) is -2.01. The molecule has 1 fully saturated rings. The van der Waals surface area contributed by atoms with Gasteiger partial charge in [-0.15, -0.1) is 5.10 Å². The molecule has 0 bridgehead atoms. The van der Waals surface area contributed by atoms with Gasteiger partial charge in [-0.05, 0) is 43.0 Å². The summed E-state index contributed by atoms with van der Waals surface area (Å²) in [5, 5.41) is 8.24. The summed E-state index contributed by atoms with van der Waals surface area (Å²) in [5.74, 6) is 0.343. The van der Waals surface area contributed by atoms with Crippen LogP contribution in [0.3, 0.4) is 0 Å². The lowest BCUT2D eigenvalue weighted by Gasteiger charge is -2.28. The highest BCUT2D eigenvalue weighted by molar-refractivity contribution is 5.94. The third-order valence-electron chi connectivity index (χ3n) is 4.88. The van der Waals surface area contributed by atoms with Crippen LogP contribution in [-0.4, -0.2) is 39.0 Å². The average molecular weight is 380 g/mol. The summed E-state index contributed by atoms with van der Waals surface area (Å²) >= 11 is 0. The molecule has 4 rings (SSSR count). The van der Waals surface area contributed by atoms with Gasteiger partial charge in [0, 0.05) is 18.7 Å². The van der Waals surface area contributed by atoms with Crippen molar-refractivity contribution in [1.29, 1.82) is 0 Å². The van der Waals surface area contributed by atoms with Crippen molar-refractivity contribution in [3.63, 3.8) is 0 Å². The van der Waals surface area contributed by atoms with E-state index in [1.807, 2.05) is 0 Å². The van der Waals surface area contributed by atoms with Crippen LogP contribution in [0, 0.1) is 5.92 Å². The van der Waals surface area contributed by atoms with Crippen LogP contribution >= 0.6 is 0 Å². The van der Waals surface area contributed by atoms with E-state index < -0.39 is 11.7 Å². The molecule has 1 amide bonds. The maximum absolute atomic E-state index is 12.7. The van der Waals surface area contributed by atoms with Crippen LogP contribution in [0.4, 0.5) is 13.2 Å². The zero-order chi connectivity index (χ0) is 19.0. The van der Waals surface area contributed by atoms with Crippen molar-refractivity contribution in [2.75, 3.05) is 13.2 Å². The molecule has 1 aliphatic carbocycles. The first-order valence-corrected chi connectivity index (χ1v) is 8.87. The molecule has 2 heterocycles. The second-order valence-corrected chi connectivity index (χ2v) is 6.97. The molecule has 1 aliphatic heterocycles. The topological polar surface area (TPSA) is 60.2 Å². The number of amides is 1. The van der Waals surface area contributed by atoms with Gasteiger partial charge in [0.1, 0.15) is 5.69 Å². The van der Waals surface area contributed by atoms with Crippen LogP contribution in [0.15, 0.2) is 24.3 Å². The Balaban J connectivity index is 1.43. The number of rotatable bonds is 5. The van der Waals surface area contributed by atoms with Gasteiger partial charge < -0.3 is 9.64 Å². The summed E-state index contributed by atoms with van der Waals surface area (Å²) in [4.78, 5) is 14.3. The van der Waals surface area contributed by atoms with Crippen molar-refractivity contribution in [1.82, 2.24) is 19.9 Å². The Morgan fingerprint density at radius 3 is 2.59 bits per heavy atom. The number of aromatic nitrogens is 3. The van der Waals surface area contributed by atoms with Gasteiger partial charge in [0.25, 0.3) is 5.91 Å². The number of ether oxygens (including phenoxy) is 1. The zero-order valence-corrected chi connectivity index (χ0v) is 14.6. The molecular weight excluding hydrogens is 361 g/mol. The predicted molar refractivity (Wildman–Crippen MR) is 88.6 cm³/mol. The highest BCUT2D eigenvalue weighted by atomic mass is 19.4. The molecule has 1 aromatic carbocycles. The molecule has 0 atom stereocenters. The SMILES string of the molecule is O=C(c1ccc(C(F)(F)F)cc1)N1CCn2nnc(COCC3CC3)c2C1. The summed E-state index contributed by atoms with van der Waals surface area (Å²) in [7, 11) is 0. The predicted octanol–water partition coefficient (Wildman–Crippen LogP) is 2.88. The maximum atomic E-state index is 12.7. The lowest BCUT2D eigenvalue weighted by Crippen LogP contribution is -2.38. The molecule has 0 saturated heterocycles. The van der Waals surface area contributed by atoms with Crippen molar-refractivity contribution in [3.05, 3.63) is 46.8 Å². The first-order chi connectivity index (χ1) is 12.9. The minimum absolute atomic E-state index is 0.232. The molecule has 0 N–H and O–H groups in total. The van der Waals surface area contributed by atoms with Gasteiger partial charge in [-0.3, -0.25) is 4.79 Å². The van der Waals surface area contributed by atoms with Gasteiger partial charge in [0.2, 0.25) is 0 Å². The minimum Gasteiger partial charge on any atom is -0.375 e. The Labute approximate surface area is 153 Å². The smallest absolute Gasteiger partial charge is 0.375 e. The Morgan fingerprint density at radius 2 is 1.93 bits per heavy atom. The number of fused-ring (bicyclic) bond motifs is 1. The third-order valence-corrected chi connectivity index (χ3v) is 4.88. The lowest BCUT2D eigenvalue weighted by molar-refractivity contribution is -0.137. The van der Waals surface area contributed by atoms with E-state index in [0.29, 0.717) is 44.5 Å². The van der Waals surface area contributed by atoms with E-state index in [1.165, 1.54) is 25.0 Å². The van der Waals surface area contributed by atoms with Crippen LogP contribution in [0.1, 0.15) is 40.2 Å². The van der Waals surface area contributed by atoms with E-state index in [4.69, 9.17) is 4.74 Å². The molecule has 0 unspecified atom stereocenters. The van der Waals surface area contributed by atoms with E-state index in [-0.39, 0.29) is 11.5 Å². The molecule has 6 nitrogen and oxygen atoms in total. The van der Waals surface area contributed by atoms with Crippen molar-refractivity contribution < 1.29 is 22.7 Å². The second kappa shape index (κ2) is 6.95. The largest absolute Gasteiger partial charge is 0.416 e. The first-order valence-electron chi connectivity index (χ1n) is 8.87. The first kappa shape index (κ1) is 18.0. The zero-order valence-electron chi connectivity index (χ0n) is 14.6. The van der Waals surface area contributed by atoms with Crippen LogP contribution in [0.25, 0.3) is 0 Å². The highest BCUT2D eigenvalue weighted by Crippen LogP contribution is 2.30. The molecule has 2 aliphatic rings. The van der Waals surface area contributed by atoms with Crippen LogP contribution in [0.5, 0.6) is 0 Å². The normalized spacial score (nSPS) is 17.1. The number of benzene rings is 1. The third kappa shape index (κ3) is 3.97. The molecule has 1 saturated carbocycles. The molecule has 2 aromatic rings. The standard InChI is InChI=1S/C18H19F3N4O2/c19-18(20,21)14-5-3-13(4-6-14)17(26)24-7-8-25-16(9-24)15(22-23-25)11-27-10-12-1-2-12/h3-6,12H,1-2,7-11H2. The van der Waals surface area contributed by atoms with Crippen molar-refractivity contribution >= 4 is 5.91 Å². The fourth-order valence-corrected chi connectivity index (χ4v) is 3.07. The fraction of sp³-hybridized carbons (Fsp3) is 0.500. The Morgan fingerprint density at radius 1 is 1.19 bits per heavy atom. The minimum atomic E-state index is -4.42. The van der Waals surface area contributed by atoms with Crippen LogP contribution in [-0.2, 0) is 30.6 Å². The summed E-state index contributed by atoms with van der Waals surface area (Å²) in [5.41, 5.74) is 0.989. The van der Waals surface area contributed by atoms with E-state index in [2.05, 4.69) is 10.3 Å². The number of hydrogen-bond donors (Lipinski definition) is 0. The van der Waals surface area contributed by atoms with Gasteiger partial charge >= 0.3 is 6.18 Å². The Kier molecular flexibility index (Phi) is 4.63. The average Bonchev–Trinajstić information content (AvgIpc) is 3.39. The monoisotopic (exact) mass is 380 g/mol. The van der Waals surface area contributed by atoms with E-state index in [0.717, 1.165) is 17.8 Å². The van der Waals surface area contributed by atoms with E-state index in [1.54, 1.807) is 9.58 Å². The molecule has 27 heavy (non-hydrogen) atoms. The molecular formula is C18H19F3N4O2. The lowest BCUT2D eigenvalue weighted by atomic mass is 10.1. The number of nitrogens with zero attached hydrogens (tertiary/aromatic N) is 4. The molecule has 0 radical (unpaired) electrons. The fourth-order valence-electron chi connectivity index (χ4n) is 3.07. The second-order valence-electron chi connectivity index (χ2n) is 6.97. The number of carbonyl (C=O) groups excluding carboxylic acids is 1. The van der Waals surface area contributed by atoms with E-state index in [9.17, 15) is 18.0 Å². The number of alkyl halides is 3. The summed E-state index contributed by atoms with van der Waals surface area (Å²) < 4.78 is 45.5. The van der Waals surface area contributed by atoms with Gasteiger partial charge in [-0.1, -0.05) is 5.21 Å². The number of halogens is 3.